The zero-order valence-corrected chi connectivity index (χ0v) is 22.4. The van der Waals surface area contributed by atoms with Crippen LogP contribution in [0.5, 0.6) is 0 Å². The van der Waals surface area contributed by atoms with Crippen molar-refractivity contribution in [2.24, 2.45) is 5.92 Å². The van der Waals surface area contributed by atoms with Crippen LogP contribution in [0, 0.1) is 5.92 Å². The number of hydrogen-bond donors (Lipinski definition) is 3. The summed E-state index contributed by atoms with van der Waals surface area (Å²) >= 11 is 0. The molecule has 2 aromatic rings. The summed E-state index contributed by atoms with van der Waals surface area (Å²) in [5.41, 5.74) is -0.408. The summed E-state index contributed by atoms with van der Waals surface area (Å²) < 4.78 is 19.6. The Balaban J connectivity index is 2.07. The van der Waals surface area contributed by atoms with E-state index in [4.69, 9.17) is 13.9 Å². The molecule has 1 aliphatic rings. The first-order chi connectivity index (χ1) is 16.2. The van der Waals surface area contributed by atoms with Crippen LogP contribution in [0.3, 0.4) is 0 Å². The van der Waals surface area contributed by atoms with Gasteiger partial charge in [-0.2, -0.15) is 4.98 Å². The molecule has 1 amide bonds. The van der Waals surface area contributed by atoms with Gasteiger partial charge in [-0.1, -0.05) is 41.5 Å². The zero-order valence-electron chi connectivity index (χ0n) is 21.4. The SMILES string of the molecule is CC[C@H]1O[C@@H](n2cnc3c(=O)[nH]c(NC(=O)C(C)C)nc32)[C@H](OC(=O)O)[C@@H]1O[Si](C)(C)C(C)(C)C. The van der Waals surface area contributed by atoms with Crippen molar-refractivity contribution in [2.75, 3.05) is 5.32 Å². The highest BCUT2D eigenvalue weighted by atomic mass is 28.4. The number of amides is 1. The number of ether oxygens (including phenoxy) is 2. The average molecular weight is 510 g/mol. The van der Waals surface area contributed by atoms with Gasteiger partial charge in [-0.25, -0.2) is 9.78 Å². The van der Waals surface area contributed by atoms with Crippen molar-refractivity contribution in [1.29, 1.82) is 0 Å². The number of rotatable bonds is 7. The molecule has 4 atom stereocenters. The van der Waals surface area contributed by atoms with Gasteiger partial charge in [-0.3, -0.25) is 24.5 Å². The molecule has 194 valence electrons. The van der Waals surface area contributed by atoms with E-state index >= 15 is 0 Å². The summed E-state index contributed by atoms with van der Waals surface area (Å²) in [6.45, 7) is 15.8. The molecule has 1 fully saturated rings. The fraction of sp³-hybridized carbons (Fsp3) is 0.682. The lowest BCUT2D eigenvalue weighted by Gasteiger charge is -2.40. The Bertz CT molecular complexity index is 1150. The lowest BCUT2D eigenvalue weighted by molar-refractivity contribution is -0.118. The first kappa shape index (κ1) is 26.8. The third-order valence-electron chi connectivity index (χ3n) is 6.63. The Labute approximate surface area is 204 Å². The maximum absolute atomic E-state index is 12.6. The third-order valence-corrected chi connectivity index (χ3v) is 11.1. The minimum atomic E-state index is -2.33. The van der Waals surface area contributed by atoms with Gasteiger partial charge in [-0.05, 0) is 24.6 Å². The first-order valence-electron chi connectivity index (χ1n) is 11.7. The molecule has 0 unspecified atom stereocenters. The zero-order chi connectivity index (χ0) is 26.3. The molecule has 0 spiro atoms. The van der Waals surface area contributed by atoms with Gasteiger partial charge < -0.3 is 19.0 Å². The van der Waals surface area contributed by atoms with E-state index in [0.717, 1.165) is 0 Å². The molecular formula is C22H35N5O7Si. The van der Waals surface area contributed by atoms with Crippen LogP contribution in [0.25, 0.3) is 11.2 Å². The maximum Gasteiger partial charge on any atom is 0.506 e. The van der Waals surface area contributed by atoms with Crippen LogP contribution in [0.2, 0.25) is 18.1 Å². The van der Waals surface area contributed by atoms with Crippen LogP contribution in [-0.2, 0) is 18.7 Å². The van der Waals surface area contributed by atoms with E-state index in [1.807, 2.05) is 6.92 Å². The van der Waals surface area contributed by atoms with Crippen molar-refractivity contribution < 1.29 is 28.6 Å². The lowest BCUT2D eigenvalue weighted by Crippen LogP contribution is -2.49. The fourth-order valence-electron chi connectivity index (χ4n) is 3.59. The van der Waals surface area contributed by atoms with Gasteiger partial charge in [0.15, 0.2) is 31.8 Å². The quantitative estimate of drug-likeness (QED) is 0.375. The summed E-state index contributed by atoms with van der Waals surface area (Å²) in [6, 6.07) is 0. The number of H-pyrrole nitrogens is 1. The number of fused-ring (bicyclic) bond motifs is 1. The highest BCUT2D eigenvalue weighted by molar-refractivity contribution is 6.74. The lowest BCUT2D eigenvalue weighted by atomic mass is 10.1. The van der Waals surface area contributed by atoms with E-state index < -0.39 is 44.6 Å². The van der Waals surface area contributed by atoms with Crippen LogP contribution in [0.15, 0.2) is 11.1 Å². The molecule has 0 saturated carbocycles. The molecule has 1 aliphatic heterocycles. The molecule has 3 rings (SSSR count). The molecular weight excluding hydrogens is 474 g/mol. The van der Waals surface area contributed by atoms with Crippen LogP contribution in [0.4, 0.5) is 10.7 Å². The van der Waals surface area contributed by atoms with Crippen LogP contribution in [-0.4, -0.2) is 63.3 Å². The van der Waals surface area contributed by atoms with Gasteiger partial charge in [0.25, 0.3) is 5.56 Å². The Hall–Kier alpha value is -2.77. The second kappa shape index (κ2) is 9.70. The predicted octanol–water partition coefficient (Wildman–Crippen LogP) is 3.48. The summed E-state index contributed by atoms with van der Waals surface area (Å²) in [6.07, 6.45) is -2.70. The molecule has 2 aromatic heterocycles. The monoisotopic (exact) mass is 509 g/mol. The number of carboxylic acid groups (broad SMARTS) is 1. The number of nitrogens with one attached hydrogen (secondary N) is 2. The normalized spacial score (nSPS) is 23.1. The van der Waals surface area contributed by atoms with Crippen LogP contribution < -0.4 is 10.9 Å². The number of aromatic nitrogens is 4. The standard InChI is InChI=1S/C22H35N5O7Si/c1-9-12-14(34-35(7,8)22(4,5)6)15(33-21(30)31)19(32-12)27-10-23-13-16(27)24-20(26-18(13)29)25-17(28)11(2)3/h10-12,14-15,19H,9H2,1-8H3,(H,30,31)(H2,24,25,26,28,29)/t12-,14-,15-,19-/m1/s1. The summed E-state index contributed by atoms with van der Waals surface area (Å²) in [4.78, 5) is 47.4. The van der Waals surface area contributed by atoms with E-state index in [9.17, 15) is 19.5 Å². The van der Waals surface area contributed by atoms with Gasteiger partial charge in [0, 0.05) is 5.92 Å². The Kier molecular flexibility index (Phi) is 7.44. The van der Waals surface area contributed by atoms with Gasteiger partial charge in [0.2, 0.25) is 11.9 Å². The largest absolute Gasteiger partial charge is 0.506 e. The van der Waals surface area contributed by atoms with Gasteiger partial charge in [0.1, 0.15) is 6.10 Å². The third kappa shape index (κ3) is 5.41. The smallest absolute Gasteiger partial charge is 0.450 e. The van der Waals surface area contributed by atoms with Crippen molar-refractivity contribution in [1.82, 2.24) is 19.5 Å². The fourth-order valence-corrected chi connectivity index (χ4v) is 4.91. The number of carbonyl (C=O) groups excluding carboxylic acids is 1. The second-order valence-corrected chi connectivity index (χ2v) is 15.3. The van der Waals surface area contributed by atoms with E-state index in [2.05, 4.69) is 54.1 Å². The van der Waals surface area contributed by atoms with Crippen molar-refractivity contribution in [3.63, 3.8) is 0 Å². The number of imidazole rings is 1. The number of aromatic amines is 1. The van der Waals surface area contributed by atoms with Crippen molar-refractivity contribution in [3.05, 3.63) is 16.7 Å². The summed E-state index contributed by atoms with van der Waals surface area (Å²) in [5.74, 6) is -0.694. The van der Waals surface area contributed by atoms with Crippen molar-refractivity contribution in [3.8, 4) is 0 Å². The molecule has 0 bridgehead atoms. The molecule has 3 heterocycles. The molecule has 1 saturated heterocycles. The summed E-state index contributed by atoms with van der Waals surface area (Å²) in [5, 5.41) is 12.0. The van der Waals surface area contributed by atoms with Crippen molar-refractivity contribution >= 4 is 37.5 Å². The topological polar surface area (TPSA) is 158 Å². The molecule has 3 N–H and O–H groups in total. The van der Waals surface area contributed by atoms with Crippen molar-refractivity contribution in [2.45, 2.75) is 90.6 Å². The molecule has 0 aromatic carbocycles. The van der Waals surface area contributed by atoms with Gasteiger partial charge in [-0.15, -0.1) is 0 Å². The van der Waals surface area contributed by atoms with E-state index in [1.54, 1.807) is 13.8 Å². The summed E-state index contributed by atoms with van der Waals surface area (Å²) in [7, 11) is -2.33. The van der Waals surface area contributed by atoms with E-state index in [-0.39, 0.29) is 34.0 Å². The van der Waals surface area contributed by atoms with Crippen LogP contribution >= 0.6 is 0 Å². The van der Waals surface area contributed by atoms with Gasteiger partial charge in [0.05, 0.1) is 12.4 Å². The second-order valence-electron chi connectivity index (χ2n) is 10.5. The molecule has 0 radical (unpaired) electrons. The molecule has 12 nitrogen and oxygen atoms in total. The first-order valence-corrected chi connectivity index (χ1v) is 14.6. The predicted molar refractivity (Wildman–Crippen MR) is 131 cm³/mol. The maximum atomic E-state index is 12.6. The molecule has 13 heteroatoms. The highest BCUT2D eigenvalue weighted by Gasteiger charge is 2.52. The minimum absolute atomic E-state index is 0.0204. The number of nitrogens with zero attached hydrogens (tertiary/aromatic N) is 3. The molecule has 35 heavy (non-hydrogen) atoms. The number of anilines is 1. The van der Waals surface area contributed by atoms with Crippen LogP contribution in [0.1, 0.15) is 54.2 Å². The minimum Gasteiger partial charge on any atom is -0.450 e. The van der Waals surface area contributed by atoms with E-state index in [1.165, 1.54) is 10.9 Å². The highest BCUT2D eigenvalue weighted by Crippen LogP contribution is 2.43. The number of carbonyl (C=O) groups is 2. The van der Waals surface area contributed by atoms with Gasteiger partial charge >= 0.3 is 6.16 Å². The Morgan fingerprint density at radius 1 is 1.31 bits per heavy atom. The number of hydrogen-bond acceptors (Lipinski definition) is 8. The Morgan fingerprint density at radius 3 is 2.51 bits per heavy atom. The average Bonchev–Trinajstić information content (AvgIpc) is 3.28. The van der Waals surface area contributed by atoms with E-state index in [0.29, 0.717) is 6.42 Å². The molecule has 0 aliphatic carbocycles. The Morgan fingerprint density at radius 2 is 1.97 bits per heavy atom.